The van der Waals surface area contributed by atoms with Crippen LogP contribution in [0.4, 0.5) is 0 Å². The molecule has 0 aromatic heterocycles. The molecule has 0 N–H and O–H groups in total. The molecule has 0 saturated heterocycles. The van der Waals surface area contributed by atoms with Crippen molar-refractivity contribution in [3.8, 4) is 0 Å². The van der Waals surface area contributed by atoms with Crippen LogP contribution in [0.5, 0.6) is 0 Å². The molecule has 0 rings (SSSR count). The summed E-state index contributed by atoms with van der Waals surface area (Å²) in [5.41, 5.74) is 0. The van der Waals surface area contributed by atoms with Gasteiger partial charge < -0.3 is 9.47 Å². The lowest BCUT2D eigenvalue weighted by molar-refractivity contribution is -1.10. The molecule has 0 heterocycles. The van der Waals surface area contributed by atoms with Crippen LogP contribution in [0.3, 0.4) is 0 Å². The molecule has 0 aliphatic rings. The molecule has 0 saturated carbocycles. The van der Waals surface area contributed by atoms with Gasteiger partial charge in [-0.1, -0.05) is 13.3 Å². The van der Waals surface area contributed by atoms with Gasteiger partial charge in [0.25, 0.3) is 0 Å². The molecular formula is C13H30NO3+. The number of hydrogen-bond acceptors (Lipinski definition) is 3. The van der Waals surface area contributed by atoms with Crippen molar-refractivity contribution in [3.05, 3.63) is 0 Å². The maximum Gasteiger partial charge on any atom is 0.129 e. The summed E-state index contributed by atoms with van der Waals surface area (Å²) in [5.74, 6) is 0. The minimum absolute atomic E-state index is 0.646. The summed E-state index contributed by atoms with van der Waals surface area (Å²) in [6, 6.07) is 0. The van der Waals surface area contributed by atoms with E-state index in [1.54, 1.807) is 7.11 Å². The summed E-state index contributed by atoms with van der Waals surface area (Å²) in [4.78, 5) is 5.98. The third-order valence-corrected chi connectivity index (χ3v) is 3.10. The van der Waals surface area contributed by atoms with Crippen LogP contribution in [-0.2, 0) is 14.3 Å². The SMILES string of the molecule is CCCC[N+](CC)(CC)OCCOCCOC. The van der Waals surface area contributed by atoms with Gasteiger partial charge in [0.2, 0.25) is 0 Å². The Kier molecular flexibility index (Phi) is 10.9. The van der Waals surface area contributed by atoms with Crippen LogP contribution >= 0.6 is 0 Å². The zero-order valence-electron chi connectivity index (χ0n) is 12.0. The highest BCUT2D eigenvalue weighted by Gasteiger charge is 2.24. The second kappa shape index (κ2) is 11.0. The lowest BCUT2D eigenvalue weighted by atomic mass is 10.3. The first-order valence-electron chi connectivity index (χ1n) is 6.82. The van der Waals surface area contributed by atoms with Crippen molar-refractivity contribution >= 4 is 0 Å². The molecule has 0 bridgehead atoms. The second-order valence-electron chi connectivity index (χ2n) is 4.21. The van der Waals surface area contributed by atoms with Crippen molar-refractivity contribution in [1.82, 2.24) is 0 Å². The van der Waals surface area contributed by atoms with Crippen LogP contribution in [0.15, 0.2) is 0 Å². The van der Waals surface area contributed by atoms with E-state index < -0.39 is 0 Å². The molecule has 0 amide bonds. The van der Waals surface area contributed by atoms with Gasteiger partial charge in [0.1, 0.15) is 26.2 Å². The van der Waals surface area contributed by atoms with Crippen molar-refractivity contribution < 1.29 is 19.0 Å². The Hall–Kier alpha value is -0.160. The first-order chi connectivity index (χ1) is 8.24. The summed E-state index contributed by atoms with van der Waals surface area (Å²) >= 11 is 0. The Morgan fingerprint density at radius 1 is 0.882 bits per heavy atom. The van der Waals surface area contributed by atoms with E-state index in [1.165, 1.54) is 12.8 Å². The smallest absolute Gasteiger partial charge is 0.129 e. The Bertz CT molecular complexity index is 161. The van der Waals surface area contributed by atoms with Gasteiger partial charge in [-0.15, -0.1) is 0 Å². The van der Waals surface area contributed by atoms with E-state index in [4.69, 9.17) is 14.3 Å². The third kappa shape index (κ3) is 7.71. The number of quaternary nitrogens is 1. The molecule has 0 unspecified atom stereocenters. The van der Waals surface area contributed by atoms with E-state index in [0.29, 0.717) is 26.4 Å². The standard InChI is InChI=1S/C13H30NO3/c1-5-8-9-14(6-2,7-3)17-13-12-16-11-10-15-4/h5-13H2,1-4H3/q+1. The molecule has 0 fully saturated rings. The summed E-state index contributed by atoms with van der Waals surface area (Å²) in [7, 11) is 1.68. The number of hydrogen-bond donors (Lipinski definition) is 0. The molecule has 0 aromatic carbocycles. The van der Waals surface area contributed by atoms with E-state index in [1.807, 2.05) is 0 Å². The first-order valence-corrected chi connectivity index (χ1v) is 6.82. The van der Waals surface area contributed by atoms with Crippen molar-refractivity contribution in [2.45, 2.75) is 33.6 Å². The van der Waals surface area contributed by atoms with Gasteiger partial charge in [-0.2, -0.15) is 4.65 Å². The zero-order chi connectivity index (χ0) is 13.0. The highest BCUT2D eigenvalue weighted by atomic mass is 16.7. The molecule has 0 spiro atoms. The lowest BCUT2D eigenvalue weighted by Gasteiger charge is -2.33. The maximum absolute atomic E-state index is 5.98. The second-order valence-corrected chi connectivity index (χ2v) is 4.21. The van der Waals surface area contributed by atoms with Gasteiger partial charge in [0.05, 0.1) is 19.8 Å². The number of unbranched alkanes of at least 4 members (excludes halogenated alkanes) is 1. The quantitative estimate of drug-likeness (QED) is 0.301. The predicted molar refractivity (Wildman–Crippen MR) is 69.8 cm³/mol. The largest absolute Gasteiger partial charge is 0.382 e. The molecule has 0 aromatic rings. The Morgan fingerprint density at radius 2 is 1.53 bits per heavy atom. The molecule has 0 aliphatic heterocycles. The summed E-state index contributed by atoms with van der Waals surface area (Å²) in [6.07, 6.45) is 2.43. The molecule has 0 atom stereocenters. The number of ether oxygens (including phenoxy) is 2. The summed E-state index contributed by atoms with van der Waals surface area (Å²) in [6.45, 7) is 12.3. The normalized spacial score (nSPS) is 12.0. The van der Waals surface area contributed by atoms with Gasteiger partial charge in [0, 0.05) is 7.11 Å². The molecular weight excluding hydrogens is 218 g/mol. The average molecular weight is 248 g/mol. The van der Waals surface area contributed by atoms with E-state index in [0.717, 1.165) is 24.3 Å². The third-order valence-electron chi connectivity index (χ3n) is 3.10. The maximum atomic E-state index is 5.98. The molecule has 0 radical (unpaired) electrons. The minimum Gasteiger partial charge on any atom is -0.382 e. The lowest BCUT2D eigenvalue weighted by Crippen LogP contribution is -2.48. The fraction of sp³-hybridized carbons (Fsp3) is 1.00. The van der Waals surface area contributed by atoms with Crippen molar-refractivity contribution in [2.75, 3.05) is 53.2 Å². The van der Waals surface area contributed by atoms with Crippen LogP contribution in [0.25, 0.3) is 0 Å². The van der Waals surface area contributed by atoms with Gasteiger partial charge >= 0.3 is 0 Å². The van der Waals surface area contributed by atoms with Crippen LogP contribution in [-0.4, -0.2) is 57.8 Å². The minimum atomic E-state index is 0.646. The van der Waals surface area contributed by atoms with Gasteiger partial charge in [-0.25, -0.2) is 4.84 Å². The molecule has 104 valence electrons. The monoisotopic (exact) mass is 248 g/mol. The number of nitrogens with zero attached hydrogens (tertiary/aromatic N) is 1. The van der Waals surface area contributed by atoms with Gasteiger partial charge in [0.15, 0.2) is 0 Å². The molecule has 4 nitrogen and oxygen atoms in total. The zero-order valence-corrected chi connectivity index (χ0v) is 12.0. The Morgan fingerprint density at radius 3 is 2.06 bits per heavy atom. The molecule has 0 aliphatic carbocycles. The Labute approximate surface area is 106 Å². The Balaban J connectivity index is 3.75. The van der Waals surface area contributed by atoms with E-state index in [2.05, 4.69) is 20.8 Å². The number of rotatable bonds is 12. The van der Waals surface area contributed by atoms with Crippen LogP contribution < -0.4 is 0 Å². The summed E-state index contributed by atoms with van der Waals surface area (Å²) in [5, 5.41) is 0. The van der Waals surface area contributed by atoms with E-state index in [-0.39, 0.29) is 0 Å². The highest BCUT2D eigenvalue weighted by Crippen LogP contribution is 2.10. The predicted octanol–water partition coefficient (Wildman–Crippen LogP) is 2.24. The van der Waals surface area contributed by atoms with Crippen molar-refractivity contribution in [3.63, 3.8) is 0 Å². The van der Waals surface area contributed by atoms with Crippen LogP contribution in [0, 0.1) is 0 Å². The number of methoxy groups -OCH3 is 1. The number of hydroxylamine groups is 3. The van der Waals surface area contributed by atoms with Gasteiger partial charge in [-0.3, -0.25) is 0 Å². The fourth-order valence-corrected chi connectivity index (χ4v) is 1.77. The van der Waals surface area contributed by atoms with Crippen molar-refractivity contribution in [1.29, 1.82) is 0 Å². The molecule has 17 heavy (non-hydrogen) atoms. The van der Waals surface area contributed by atoms with Crippen molar-refractivity contribution in [2.24, 2.45) is 0 Å². The topological polar surface area (TPSA) is 27.7 Å². The van der Waals surface area contributed by atoms with Crippen LogP contribution in [0.1, 0.15) is 33.6 Å². The van der Waals surface area contributed by atoms with E-state index in [9.17, 15) is 0 Å². The fourth-order valence-electron chi connectivity index (χ4n) is 1.77. The summed E-state index contributed by atoms with van der Waals surface area (Å²) < 4.78 is 11.1. The first kappa shape index (κ1) is 16.8. The van der Waals surface area contributed by atoms with Gasteiger partial charge in [-0.05, 0) is 20.3 Å². The molecule has 4 heteroatoms. The average Bonchev–Trinajstić information content (AvgIpc) is 2.38. The highest BCUT2D eigenvalue weighted by molar-refractivity contribution is 4.35. The van der Waals surface area contributed by atoms with Crippen LogP contribution in [0.2, 0.25) is 0 Å². The van der Waals surface area contributed by atoms with E-state index >= 15 is 0 Å².